The molecule has 2 saturated heterocycles. The van der Waals surface area contributed by atoms with Crippen LogP contribution < -0.4 is 0 Å². The lowest BCUT2D eigenvalue weighted by molar-refractivity contribution is -0.805. The SMILES string of the molecule is C[C@@H]1O[C@@H](O[C@@H]2C=C3CC[C@@H]4[C@H](CC[C@]5(C)[C@@H]([C@H]6CCC(=O)OC6)CC[C@]45O)[C@@]3(C)CC2)[C@H](O)[C@H](O[N+](=O)[O-])[C@H]1O[N+](=O)[O-]. The minimum absolute atomic E-state index is 0.125. The van der Waals surface area contributed by atoms with Gasteiger partial charge in [0.05, 0.1) is 24.4 Å². The van der Waals surface area contributed by atoms with E-state index in [0.29, 0.717) is 37.2 Å². The highest BCUT2D eigenvalue weighted by molar-refractivity contribution is 5.70. The van der Waals surface area contributed by atoms with Gasteiger partial charge in [-0.3, -0.25) is 4.79 Å². The molecule has 13 atom stereocenters. The molecule has 0 aromatic heterocycles. The van der Waals surface area contributed by atoms with Crippen molar-refractivity contribution in [1.82, 2.24) is 0 Å². The first-order chi connectivity index (χ1) is 20.8. The van der Waals surface area contributed by atoms with E-state index in [2.05, 4.69) is 29.6 Å². The predicted octanol–water partition coefficient (Wildman–Crippen LogP) is 3.28. The van der Waals surface area contributed by atoms with E-state index in [-0.39, 0.29) is 22.7 Å². The number of carbonyl (C=O) groups excluding carboxylic acids is 1. The summed E-state index contributed by atoms with van der Waals surface area (Å²) in [6, 6.07) is 0. The Morgan fingerprint density at radius 1 is 0.932 bits per heavy atom. The number of hydrogen-bond acceptors (Lipinski definition) is 12. The van der Waals surface area contributed by atoms with E-state index in [4.69, 9.17) is 14.2 Å². The number of fused-ring (bicyclic) bond motifs is 5. The number of ether oxygens (including phenoxy) is 3. The van der Waals surface area contributed by atoms with E-state index in [1.54, 1.807) is 0 Å². The molecule has 2 aliphatic heterocycles. The maximum Gasteiger partial charge on any atom is 0.305 e. The summed E-state index contributed by atoms with van der Waals surface area (Å²) in [5, 5.41) is 43.2. The molecule has 246 valence electrons. The van der Waals surface area contributed by atoms with E-state index in [9.17, 15) is 35.2 Å². The van der Waals surface area contributed by atoms with E-state index in [0.717, 1.165) is 51.4 Å². The molecule has 6 rings (SSSR count). The predicted molar refractivity (Wildman–Crippen MR) is 149 cm³/mol. The van der Waals surface area contributed by atoms with Crippen molar-refractivity contribution >= 4 is 5.97 Å². The number of cyclic esters (lactones) is 1. The number of aliphatic hydroxyl groups excluding tert-OH is 1. The van der Waals surface area contributed by atoms with Crippen LogP contribution >= 0.6 is 0 Å². The number of nitrogens with zero attached hydrogens (tertiary/aromatic N) is 2. The molecular formula is C30H44N2O12. The van der Waals surface area contributed by atoms with Gasteiger partial charge in [0, 0.05) is 6.42 Å². The average Bonchev–Trinajstić information content (AvgIpc) is 3.24. The zero-order valence-electron chi connectivity index (χ0n) is 25.5. The molecule has 0 bridgehead atoms. The van der Waals surface area contributed by atoms with E-state index >= 15 is 0 Å². The Hall–Kier alpha value is -2.55. The number of allylic oxidation sites excluding steroid dienone is 1. The van der Waals surface area contributed by atoms with Crippen molar-refractivity contribution in [2.75, 3.05) is 6.61 Å². The lowest BCUT2D eigenvalue weighted by Crippen LogP contribution is -2.62. The molecule has 5 fully saturated rings. The molecule has 0 amide bonds. The molecule has 6 aliphatic rings. The molecular weight excluding hydrogens is 580 g/mol. The summed E-state index contributed by atoms with van der Waals surface area (Å²) < 4.78 is 17.3. The number of hydrogen-bond donors (Lipinski definition) is 2. The molecule has 0 aromatic carbocycles. The van der Waals surface area contributed by atoms with Crippen LogP contribution in [0.4, 0.5) is 0 Å². The van der Waals surface area contributed by atoms with Gasteiger partial charge in [-0.2, -0.15) is 0 Å². The smallest absolute Gasteiger partial charge is 0.305 e. The van der Waals surface area contributed by atoms with Crippen molar-refractivity contribution in [1.29, 1.82) is 0 Å². The molecule has 0 aromatic rings. The topological polar surface area (TPSA) is 190 Å². The van der Waals surface area contributed by atoms with Gasteiger partial charge in [-0.05, 0) is 99.2 Å². The second-order valence-electron chi connectivity index (χ2n) is 14.4. The van der Waals surface area contributed by atoms with Crippen LogP contribution in [0, 0.1) is 54.7 Å². The highest BCUT2D eigenvalue weighted by Crippen LogP contribution is 2.69. The Kier molecular flexibility index (Phi) is 8.11. The molecule has 0 unspecified atom stereocenters. The van der Waals surface area contributed by atoms with Gasteiger partial charge >= 0.3 is 5.97 Å². The Labute approximate surface area is 255 Å². The van der Waals surface area contributed by atoms with Gasteiger partial charge < -0.3 is 34.1 Å². The zero-order valence-corrected chi connectivity index (χ0v) is 25.5. The first kappa shape index (κ1) is 31.4. The maximum atomic E-state index is 12.5. The monoisotopic (exact) mass is 624 g/mol. The van der Waals surface area contributed by atoms with Crippen molar-refractivity contribution in [3.8, 4) is 0 Å². The first-order valence-electron chi connectivity index (χ1n) is 16.0. The lowest BCUT2D eigenvalue weighted by atomic mass is 9.44. The van der Waals surface area contributed by atoms with Gasteiger partial charge in [0.1, 0.15) is 6.10 Å². The highest BCUT2D eigenvalue weighted by atomic mass is 17.0. The second kappa shape index (κ2) is 11.4. The fraction of sp³-hybridized carbons (Fsp3) is 0.900. The van der Waals surface area contributed by atoms with Crippen molar-refractivity contribution < 1.29 is 49.1 Å². The van der Waals surface area contributed by atoms with Crippen LogP contribution in [0.2, 0.25) is 0 Å². The number of aliphatic hydroxyl groups is 2. The third-order valence-corrected chi connectivity index (χ3v) is 12.6. The summed E-state index contributed by atoms with van der Waals surface area (Å²) >= 11 is 0. The summed E-state index contributed by atoms with van der Waals surface area (Å²) in [6.07, 6.45) is 2.44. The summed E-state index contributed by atoms with van der Waals surface area (Å²) in [7, 11) is 0. The number of carbonyl (C=O) groups is 1. The van der Waals surface area contributed by atoms with Crippen LogP contribution in [0.15, 0.2) is 11.6 Å². The molecule has 0 spiro atoms. The standard InChI is InChI=1S/C30H44N2O12/c1-16-25(43-31(36)37)26(44-32(38)39)24(34)27(41-16)42-19-8-11-28(2)18(14-19)5-6-22-21(28)9-12-29(3)20(10-13-30(22,29)35)17-4-7-23(33)40-15-17/h14,16-17,19-22,24-27,34-35H,4-13,15H2,1-3H3/t16-,17-,19-,20+,21-,22+,24+,25-,26-,27-,28-,29+,30-/m0/s1. The first-order valence-corrected chi connectivity index (χ1v) is 16.0. The van der Waals surface area contributed by atoms with Gasteiger partial charge in [-0.25, -0.2) is 0 Å². The van der Waals surface area contributed by atoms with Crippen LogP contribution in [-0.4, -0.2) is 75.4 Å². The van der Waals surface area contributed by atoms with E-state index in [1.165, 1.54) is 12.5 Å². The summed E-state index contributed by atoms with van der Waals surface area (Å²) in [6.45, 7) is 6.46. The largest absolute Gasteiger partial charge is 0.465 e. The van der Waals surface area contributed by atoms with Gasteiger partial charge in [0.25, 0.3) is 10.2 Å². The summed E-state index contributed by atoms with van der Waals surface area (Å²) in [5.41, 5.74) is 0.140. The Balaban J connectivity index is 1.16. The van der Waals surface area contributed by atoms with E-state index in [1.807, 2.05) is 0 Å². The third kappa shape index (κ3) is 5.05. The normalized spacial score (nSPS) is 48.6. The molecule has 14 heteroatoms. The maximum absolute atomic E-state index is 12.5. The number of rotatable bonds is 7. The Morgan fingerprint density at radius 3 is 2.32 bits per heavy atom. The molecule has 2 N–H and O–H groups in total. The lowest BCUT2D eigenvalue weighted by Gasteiger charge is -2.62. The van der Waals surface area contributed by atoms with E-state index < -0.39 is 52.6 Å². The van der Waals surface area contributed by atoms with Gasteiger partial charge in [-0.15, -0.1) is 20.2 Å². The van der Waals surface area contributed by atoms with Gasteiger partial charge in [0.15, 0.2) is 18.5 Å². The van der Waals surface area contributed by atoms with Gasteiger partial charge in [-0.1, -0.05) is 25.5 Å². The minimum atomic E-state index is -1.70. The van der Waals surface area contributed by atoms with Crippen LogP contribution in [0.3, 0.4) is 0 Å². The Bertz CT molecular complexity index is 1190. The van der Waals surface area contributed by atoms with Crippen LogP contribution in [0.25, 0.3) is 0 Å². The van der Waals surface area contributed by atoms with Crippen molar-refractivity contribution in [2.24, 2.45) is 34.5 Å². The fourth-order valence-corrected chi connectivity index (χ4v) is 10.3. The minimum Gasteiger partial charge on any atom is -0.465 e. The number of esters is 1. The zero-order chi connectivity index (χ0) is 31.6. The van der Waals surface area contributed by atoms with Crippen LogP contribution in [0.5, 0.6) is 0 Å². The molecule has 2 heterocycles. The van der Waals surface area contributed by atoms with Crippen LogP contribution in [-0.2, 0) is 28.7 Å². The van der Waals surface area contributed by atoms with Crippen molar-refractivity contribution in [3.63, 3.8) is 0 Å². The molecule has 4 aliphatic carbocycles. The summed E-state index contributed by atoms with van der Waals surface area (Å²) in [4.78, 5) is 42.9. The van der Waals surface area contributed by atoms with Crippen LogP contribution in [0.1, 0.15) is 85.0 Å². The molecule has 0 radical (unpaired) electrons. The Morgan fingerprint density at radius 2 is 1.64 bits per heavy atom. The highest BCUT2D eigenvalue weighted by Gasteiger charge is 2.67. The average molecular weight is 625 g/mol. The van der Waals surface area contributed by atoms with Crippen molar-refractivity contribution in [3.05, 3.63) is 31.9 Å². The third-order valence-electron chi connectivity index (χ3n) is 12.6. The van der Waals surface area contributed by atoms with Crippen molar-refractivity contribution in [2.45, 2.75) is 127 Å². The molecule has 44 heavy (non-hydrogen) atoms. The second-order valence-corrected chi connectivity index (χ2v) is 14.4. The molecule has 14 nitrogen and oxygen atoms in total. The summed E-state index contributed by atoms with van der Waals surface area (Å²) in [5.74, 6) is 0.971. The van der Waals surface area contributed by atoms with Gasteiger partial charge in [0.2, 0.25) is 0 Å². The molecule has 3 saturated carbocycles. The fourth-order valence-electron chi connectivity index (χ4n) is 10.3. The quantitative estimate of drug-likeness (QED) is 0.182.